The Morgan fingerprint density at radius 3 is 1.76 bits per heavy atom. The van der Waals surface area contributed by atoms with Crippen LogP contribution < -0.4 is 44.6 Å². The molecule has 0 aliphatic heterocycles. The van der Waals surface area contributed by atoms with Crippen LogP contribution in [0.15, 0.2) is 9.98 Å². The van der Waals surface area contributed by atoms with Gasteiger partial charge >= 0.3 is 5.97 Å². The molecule has 5 unspecified atom stereocenters. The number of aliphatic hydroxyl groups is 1. The highest BCUT2D eigenvalue weighted by atomic mass is 32.2. The summed E-state index contributed by atoms with van der Waals surface area (Å²) in [5, 5.41) is 26.9. The molecule has 15 N–H and O–H groups in total. The Balaban J connectivity index is 5.54. The van der Waals surface area contributed by atoms with Crippen LogP contribution in [-0.4, -0.2) is 101 Å². The highest BCUT2D eigenvalue weighted by molar-refractivity contribution is 7.98. The van der Waals surface area contributed by atoms with E-state index in [2.05, 4.69) is 25.9 Å². The van der Waals surface area contributed by atoms with Crippen LogP contribution in [0.2, 0.25) is 0 Å². The quantitative estimate of drug-likeness (QED) is 0.0410. The Kier molecular flexibility index (Phi) is 17.2. The number of carbonyl (C=O) groups excluding carboxylic acids is 3. The lowest BCUT2D eigenvalue weighted by atomic mass is 10.1. The van der Waals surface area contributed by atoms with Crippen LogP contribution in [-0.2, 0) is 19.2 Å². The molecule has 0 saturated carbocycles. The topological polar surface area (TPSA) is 300 Å². The molecule has 0 bridgehead atoms. The first-order valence-electron chi connectivity index (χ1n) is 12.0. The number of carboxylic acids is 1. The lowest BCUT2D eigenvalue weighted by molar-refractivity contribution is -0.142. The van der Waals surface area contributed by atoms with Gasteiger partial charge in [-0.15, -0.1) is 0 Å². The average Bonchev–Trinajstić information content (AvgIpc) is 2.83. The highest BCUT2D eigenvalue weighted by Crippen LogP contribution is 2.06. The normalized spacial score (nSPS) is 14.6. The maximum Gasteiger partial charge on any atom is 0.326 e. The zero-order chi connectivity index (χ0) is 29.3. The molecule has 0 heterocycles. The van der Waals surface area contributed by atoms with Crippen LogP contribution in [0.1, 0.15) is 39.0 Å². The molecule has 0 saturated heterocycles. The summed E-state index contributed by atoms with van der Waals surface area (Å²) in [5.74, 6) is -3.25. The van der Waals surface area contributed by atoms with Gasteiger partial charge in [-0.25, -0.2) is 4.79 Å². The van der Waals surface area contributed by atoms with E-state index in [-0.39, 0.29) is 50.7 Å². The number of nitrogens with one attached hydrogen (secondary N) is 3. The second-order valence-corrected chi connectivity index (χ2v) is 9.46. The molecule has 0 fully saturated rings. The van der Waals surface area contributed by atoms with Gasteiger partial charge in [0.05, 0.1) is 12.1 Å². The lowest BCUT2D eigenvalue weighted by Crippen LogP contribution is -2.59. The summed E-state index contributed by atoms with van der Waals surface area (Å²) in [7, 11) is 0. The smallest absolute Gasteiger partial charge is 0.326 e. The number of carbonyl (C=O) groups is 4. The number of carboxylic acid groups (broad SMARTS) is 1. The van der Waals surface area contributed by atoms with Crippen LogP contribution in [0.5, 0.6) is 0 Å². The van der Waals surface area contributed by atoms with Crippen LogP contribution >= 0.6 is 11.8 Å². The molecule has 0 aromatic heterocycles. The molecule has 16 nitrogen and oxygen atoms in total. The van der Waals surface area contributed by atoms with Gasteiger partial charge in [0.15, 0.2) is 11.9 Å². The number of rotatable bonds is 19. The van der Waals surface area contributed by atoms with Gasteiger partial charge < -0.3 is 54.8 Å². The summed E-state index contributed by atoms with van der Waals surface area (Å²) >= 11 is 1.50. The Hall–Kier alpha value is -3.31. The van der Waals surface area contributed by atoms with E-state index in [9.17, 15) is 29.4 Å². The van der Waals surface area contributed by atoms with Gasteiger partial charge in [0.25, 0.3) is 0 Å². The predicted octanol–water partition coefficient (Wildman–Crippen LogP) is -3.91. The molecular weight excluding hydrogens is 520 g/mol. The number of aliphatic hydroxyl groups excluding tert-OH is 1. The van der Waals surface area contributed by atoms with E-state index < -0.39 is 54.0 Å². The summed E-state index contributed by atoms with van der Waals surface area (Å²) < 4.78 is 0. The van der Waals surface area contributed by atoms with Crippen molar-refractivity contribution in [2.45, 2.75) is 69.3 Å². The number of amides is 3. The SMILES string of the molecule is CSCCC(N)C(=O)NC(C(=O)NC(CCCN=C(N)N)C(=O)NC(CCCN=C(N)N)C(=O)O)C(C)O. The molecule has 17 heteroatoms. The standard InChI is InChI=1S/C21H42N10O6S/c1-11(32)15(31-16(33)12(22)7-10-38-2)18(35)29-13(5-3-8-27-20(23)24)17(34)30-14(19(36)37)6-4-9-28-21(25)26/h11-15,32H,3-10,22H2,1-2H3,(H,29,35)(H,30,34)(H,31,33)(H,36,37)(H4,23,24,27)(H4,25,26,28). The van der Waals surface area contributed by atoms with E-state index in [4.69, 9.17) is 28.7 Å². The molecule has 5 atom stereocenters. The van der Waals surface area contributed by atoms with Gasteiger partial charge in [-0.1, -0.05) is 0 Å². The second kappa shape index (κ2) is 18.9. The van der Waals surface area contributed by atoms with Crippen LogP contribution in [0.25, 0.3) is 0 Å². The van der Waals surface area contributed by atoms with Crippen LogP contribution in [0.3, 0.4) is 0 Å². The molecule has 3 amide bonds. The number of thioether (sulfide) groups is 1. The zero-order valence-electron chi connectivity index (χ0n) is 21.8. The summed E-state index contributed by atoms with van der Waals surface area (Å²) in [6.45, 7) is 1.60. The molecule has 0 aliphatic rings. The van der Waals surface area contributed by atoms with E-state index in [0.29, 0.717) is 12.2 Å². The molecule has 218 valence electrons. The number of guanidine groups is 2. The molecular formula is C21H42N10O6S. The fourth-order valence-electron chi connectivity index (χ4n) is 3.11. The maximum atomic E-state index is 13.0. The number of aliphatic carboxylic acids is 1. The van der Waals surface area contributed by atoms with E-state index >= 15 is 0 Å². The monoisotopic (exact) mass is 562 g/mol. The Morgan fingerprint density at radius 2 is 1.32 bits per heavy atom. The molecule has 0 rings (SSSR count). The summed E-state index contributed by atoms with van der Waals surface area (Å²) in [6.07, 6.45) is 1.46. The lowest BCUT2D eigenvalue weighted by Gasteiger charge is -2.26. The molecule has 38 heavy (non-hydrogen) atoms. The van der Waals surface area contributed by atoms with Crippen molar-refractivity contribution in [2.75, 3.05) is 25.1 Å². The van der Waals surface area contributed by atoms with Gasteiger partial charge in [0.2, 0.25) is 17.7 Å². The third kappa shape index (κ3) is 15.1. The largest absolute Gasteiger partial charge is 0.480 e. The van der Waals surface area contributed by atoms with Gasteiger partial charge in [-0.05, 0) is 51.0 Å². The molecule has 0 aliphatic carbocycles. The molecule has 0 aromatic carbocycles. The first-order chi connectivity index (χ1) is 17.8. The maximum absolute atomic E-state index is 13.0. The Bertz CT molecular complexity index is 833. The van der Waals surface area contributed by atoms with E-state index in [0.717, 1.165) is 0 Å². The van der Waals surface area contributed by atoms with Crippen molar-refractivity contribution in [3.8, 4) is 0 Å². The molecule has 0 spiro atoms. The molecule has 0 aromatic rings. The van der Waals surface area contributed by atoms with Crippen LogP contribution in [0.4, 0.5) is 0 Å². The van der Waals surface area contributed by atoms with Gasteiger partial charge in [0, 0.05) is 13.1 Å². The van der Waals surface area contributed by atoms with Crippen molar-refractivity contribution in [3.05, 3.63) is 0 Å². The van der Waals surface area contributed by atoms with Gasteiger partial charge in [-0.3, -0.25) is 24.4 Å². The number of nitrogens with zero attached hydrogens (tertiary/aromatic N) is 2. The number of hydrogen-bond donors (Lipinski definition) is 10. The fraction of sp³-hybridized carbons (Fsp3) is 0.714. The van der Waals surface area contributed by atoms with E-state index in [1.165, 1.54) is 18.7 Å². The van der Waals surface area contributed by atoms with Crippen molar-refractivity contribution in [1.82, 2.24) is 16.0 Å². The summed E-state index contributed by atoms with van der Waals surface area (Å²) in [5.41, 5.74) is 27.0. The number of nitrogens with two attached hydrogens (primary N) is 5. The summed E-state index contributed by atoms with van der Waals surface area (Å²) in [4.78, 5) is 57.6. The highest BCUT2D eigenvalue weighted by Gasteiger charge is 2.32. The predicted molar refractivity (Wildman–Crippen MR) is 146 cm³/mol. The van der Waals surface area contributed by atoms with E-state index in [1.54, 1.807) is 0 Å². The zero-order valence-corrected chi connectivity index (χ0v) is 22.6. The van der Waals surface area contributed by atoms with Crippen molar-refractivity contribution in [3.63, 3.8) is 0 Å². The first-order valence-corrected chi connectivity index (χ1v) is 13.4. The van der Waals surface area contributed by atoms with Crippen molar-refractivity contribution < 1.29 is 29.4 Å². The fourth-order valence-corrected chi connectivity index (χ4v) is 3.60. The minimum absolute atomic E-state index is 0.0206. The van der Waals surface area contributed by atoms with Gasteiger partial charge in [-0.2, -0.15) is 11.8 Å². The number of aliphatic imine (C=N–C) groups is 2. The Morgan fingerprint density at radius 1 is 0.816 bits per heavy atom. The van der Waals surface area contributed by atoms with Crippen molar-refractivity contribution >= 4 is 47.4 Å². The van der Waals surface area contributed by atoms with E-state index in [1.807, 2.05) is 6.26 Å². The van der Waals surface area contributed by atoms with Crippen molar-refractivity contribution in [1.29, 1.82) is 0 Å². The summed E-state index contributed by atoms with van der Waals surface area (Å²) in [6, 6.07) is -4.81. The third-order valence-corrected chi connectivity index (χ3v) is 5.81. The van der Waals surface area contributed by atoms with Crippen LogP contribution in [0, 0.1) is 0 Å². The first kappa shape index (κ1) is 34.7. The minimum Gasteiger partial charge on any atom is -0.480 e. The number of hydrogen-bond acceptors (Lipinski definition) is 9. The second-order valence-electron chi connectivity index (χ2n) is 8.47. The molecule has 0 radical (unpaired) electrons. The average molecular weight is 563 g/mol. The third-order valence-electron chi connectivity index (χ3n) is 5.17. The Labute approximate surface area is 226 Å². The van der Waals surface area contributed by atoms with Crippen molar-refractivity contribution in [2.24, 2.45) is 38.7 Å². The minimum atomic E-state index is -1.41. The van der Waals surface area contributed by atoms with Gasteiger partial charge in [0.1, 0.15) is 18.1 Å².